The monoisotopic (exact) mass is 511 g/mol. The van der Waals surface area contributed by atoms with Crippen molar-refractivity contribution in [3.05, 3.63) is 59.2 Å². The van der Waals surface area contributed by atoms with Crippen LogP contribution in [0.5, 0.6) is 0 Å². The second kappa shape index (κ2) is 11.7. The highest BCUT2D eigenvalue weighted by Gasteiger charge is 2.23. The molecule has 0 atom stereocenters. The minimum atomic E-state index is -0.768. The van der Waals surface area contributed by atoms with E-state index in [2.05, 4.69) is 9.88 Å². The van der Waals surface area contributed by atoms with Crippen LogP contribution in [-0.2, 0) is 9.47 Å². The molecule has 0 bridgehead atoms. The molecule has 4 rings (SSSR count). The lowest BCUT2D eigenvalue weighted by molar-refractivity contribution is 0.0376. The highest BCUT2D eigenvalue weighted by atomic mass is 35.5. The second-order valence-corrected chi connectivity index (χ2v) is 8.57. The van der Waals surface area contributed by atoms with Crippen LogP contribution in [-0.4, -0.2) is 68.3 Å². The molecule has 1 aliphatic heterocycles. The Labute approximate surface area is 205 Å². The number of ether oxygens (including phenoxy) is 2. The van der Waals surface area contributed by atoms with Gasteiger partial charge in [0.15, 0.2) is 10.9 Å². The summed E-state index contributed by atoms with van der Waals surface area (Å²) in [6, 6.07) is 8.09. The minimum Gasteiger partial charge on any atom is -0.465 e. The number of hydrogen-bond acceptors (Lipinski definition) is 7. The van der Waals surface area contributed by atoms with Crippen molar-refractivity contribution in [3.63, 3.8) is 0 Å². The van der Waals surface area contributed by atoms with Crippen LogP contribution in [0.15, 0.2) is 36.4 Å². The first kappa shape index (κ1) is 26.0. The third-order valence-corrected chi connectivity index (χ3v) is 6.42. The number of amides is 1. The second-order valence-electron chi connectivity index (χ2n) is 7.56. The molecular formula is C23H24ClF2N3O4S. The van der Waals surface area contributed by atoms with Crippen LogP contribution in [0.3, 0.4) is 0 Å². The lowest BCUT2D eigenvalue weighted by Gasteiger charge is -2.27. The molecule has 3 aromatic rings. The summed E-state index contributed by atoms with van der Waals surface area (Å²) in [6.07, 6.45) is 0.665. The Morgan fingerprint density at radius 2 is 1.82 bits per heavy atom. The van der Waals surface area contributed by atoms with Crippen molar-refractivity contribution in [2.24, 2.45) is 0 Å². The van der Waals surface area contributed by atoms with Crippen molar-refractivity contribution in [1.82, 2.24) is 9.88 Å². The quantitative estimate of drug-likeness (QED) is 0.444. The van der Waals surface area contributed by atoms with Crippen LogP contribution in [0, 0.1) is 11.6 Å². The zero-order valence-corrected chi connectivity index (χ0v) is 20.1. The van der Waals surface area contributed by atoms with Crippen molar-refractivity contribution < 1.29 is 27.8 Å². The fourth-order valence-corrected chi connectivity index (χ4v) is 4.67. The van der Waals surface area contributed by atoms with Gasteiger partial charge in [0.05, 0.1) is 30.6 Å². The van der Waals surface area contributed by atoms with E-state index in [0.29, 0.717) is 47.1 Å². The molecule has 0 aliphatic carbocycles. The van der Waals surface area contributed by atoms with E-state index in [1.165, 1.54) is 42.3 Å². The number of anilines is 1. The molecule has 11 heteroatoms. The fourth-order valence-electron chi connectivity index (χ4n) is 3.64. The molecule has 1 aromatic heterocycles. The predicted molar refractivity (Wildman–Crippen MR) is 128 cm³/mol. The first-order valence-corrected chi connectivity index (χ1v) is 11.3. The Kier molecular flexibility index (Phi) is 8.90. The topological polar surface area (TPSA) is 72.0 Å². The average Bonchev–Trinajstić information content (AvgIpc) is 3.25. The maximum absolute atomic E-state index is 14.2. The number of methoxy groups -OCH3 is 1. The molecule has 34 heavy (non-hydrogen) atoms. The molecular weight excluding hydrogens is 488 g/mol. The Morgan fingerprint density at radius 1 is 1.15 bits per heavy atom. The van der Waals surface area contributed by atoms with Gasteiger partial charge in [-0.15, -0.1) is 12.4 Å². The van der Waals surface area contributed by atoms with E-state index in [-0.39, 0.29) is 23.8 Å². The molecule has 1 fully saturated rings. The van der Waals surface area contributed by atoms with Gasteiger partial charge in [0.25, 0.3) is 5.91 Å². The van der Waals surface area contributed by atoms with E-state index in [4.69, 9.17) is 9.47 Å². The molecule has 0 unspecified atom stereocenters. The molecule has 2 heterocycles. The number of thiazole rings is 1. The van der Waals surface area contributed by atoms with Gasteiger partial charge in [-0.1, -0.05) is 11.3 Å². The number of benzene rings is 2. The lowest BCUT2D eigenvalue weighted by Crippen LogP contribution is -2.39. The summed E-state index contributed by atoms with van der Waals surface area (Å²) in [5.74, 6) is -2.30. The number of aromatic nitrogens is 1. The molecule has 0 N–H and O–H groups in total. The molecule has 2 aromatic carbocycles. The number of fused-ring (bicyclic) bond motifs is 1. The minimum absolute atomic E-state index is 0. The normalized spacial score (nSPS) is 14.0. The number of rotatable bonds is 7. The summed E-state index contributed by atoms with van der Waals surface area (Å²) < 4.78 is 38.3. The van der Waals surface area contributed by atoms with E-state index >= 15 is 0 Å². The van der Waals surface area contributed by atoms with Gasteiger partial charge in [-0.25, -0.2) is 18.6 Å². The molecule has 7 nitrogen and oxygen atoms in total. The number of nitrogens with zero attached hydrogens (tertiary/aromatic N) is 3. The van der Waals surface area contributed by atoms with Gasteiger partial charge >= 0.3 is 5.97 Å². The van der Waals surface area contributed by atoms with Crippen molar-refractivity contribution in [1.29, 1.82) is 0 Å². The number of esters is 1. The van der Waals surface area contributed by atoms with Crippen molar-refractivity contribution in [3.8, 4) is 0 Å². The van der Waals surface area contributed by atoms with E-state index in [9.17, 15) is 18.4 Å². The van der Waals surface area contributed by atoms with Gasteiger partial charge in [-0.05, 0) is 36.8 Å². The van der Waals surface area contributed by atoms with E-state index in [1.54, 1.807) is 0 Å². The smallest absolute Gasteiger partial charge is 0.337 e. The molecule has 1 aliphatic rings. The summed E-state index contributed by atoms with van der Waals surface area (Å²) in [5, 5.41) is 0.290. The summed E-state index contributed by atoms with van der Waals surface area (Å²) in [5.41, 5.74) is 0.703. The Balaban J connectivity index is 0.00000324. The molecule has 0 saturated carbocycles. The molecule has 0 radical (unpaired) electrons. The third-order valence-electron chi connectivity index (χ3n) is 5.39. The highest BCUT2D eigenvalue weighted by Crippen LogP contribution is 2.32. The summed E-state index contributed by atoms with van der Waals surface area (Å²) in [7, 11) is 1.28. The van der Waals surface area contributed by atoms with Gasteiger partial charge in [-0.3, -0.25) is 14.6 Å². The van der Waals surface area contributed by atoms with Crippen LogP contribution in [0.25, 0.3) is 10.2 Å². The van der Waals surface area contributed by atoms with Gasteiger partial charge < -0.3 is 9.47 Å². The highest BCUT2D eigenvalue weighted by molar-refractivity contribution is 7.22. The number of carbonyl (C=O) groups excluding carboxylic acids is 2. The van der Waals surface area contributed by atoms with Crippen LogP contribution in [0.1, 0.15) is 27.1 Å². The third kappa shape index (κ3) is 5.87. The predicted octanol–water partition coefficient (Wildman–Crippen LogP) is 4.15. The van der Waals surface area contributed by atoms with Crippen molar-refractivity contribution in [2.75, 3.05) is 51.4 Å². The zero-order valence-electron chi connectivity index (χ0n) is 18.5. The van der Waals surface area contributed by atoms with Gasteiger partial charge in [0.2, 0.25) is 0 Å². The Hall–Kier alpha value is -2.66. The van der Waals surface area contributed by atoms with E-state index < -0.39 is 17.6 Å². The zero-order chi connectivity index (χ0) is 23.4. The molecule has 1 amide bonds. The Morgan fingerprint density at radius 3 is 2.50 bits per heavy atom. The molecule has 182 valence electrons. The largest absolute Gasteiger partial charge is 0.465 e. The summed E-state index contributed by atoms with van der Waals surface area (Å²) in [6.45, 7) is 4.13. The Bertz CT molecular complexity index is 1150. The molecule has 0 spiro atoms. The van der Waals surface area contributed by atoms with Crippen LogP contribution in [0.2, 0.25) is 0 Å². The van der Waals surface area contributed by atoms with Gasteiger partial charge in [-0.2, -0.15) is 0 Å². The van der Waals surface area contributed by atoms with Gasteiger partial charge in [0.1, 0.15) is 11.3 Å². The van der Waals surface area contributed by atoms with Crippen molar-refractivity contribution in [2.45, 2.75) is 6.42 Å². The van der Waals surface area contributed by atoms with Crippen LogP contribution in [0.4, 0.5) is 13.9 Å². The summed E-state index contributed by atoms with van der Waals surface area (Å²) in [4.78, 5) is 33.1. The summed E-state index contributed by atoms with van der Waals surface area (Å²) >= 11 is 1.06. The SMILES string of the molecule is COC(=O)c1ccc(C(=O)N(CCCN2CCOCC2)c2nc3c(F)cc(F)cc3s2)cc1.Cl. The number of carbonyl (C=O) groups is 2. The number of halogens is 3. The van der Waals surface area contributed by atoms with Crippen molar-refractivity contribution >= 4 is 51.0 Å². The first-order chi connectivity index (χ1) is 16.0. The number of hydrogen-bond donors (Lipinski definition) is 0. The standard InChI is InChI=1S/C23H23F2N3O4S.ClH/c1-31-22(30)16-5-3-15(4-6-16)21(29)28(8-2-7-27-9-11-32-12-10-27)23-26-20-18(25)13-17(24)14-19(20)33-23;/h3-6,13-14H,2,7-12H2,1H3;1H. The van der Waals surface area contributed by atoms with E-state index in [1.807, 2.05) is 0 Å². The van der Waals surface area contributed by atoms with E-state index in [0.717, 1.165) is 37.0 Å². The number of morpholine rings is 1. The maximum atomic E-state index is 14.2. The fraction of sp³-hybridized carbons (Fsp3) is 0.348. The average molecular weight is 512 g/mol. The van der Waals surface area contributed by atoms with Crippen LogP contribution >= 0.6 is 23.7 Å². The molecule has 1 saturated heterocycles. The van der Waals surface area contributed by atoms with Gasteiger partial charge in [0, 0.05) is 37.8 Å². The maximum Gasteiger partial charge on any atom is 0.337 e. The van der Waals surface area contributed by atoms with Crippen LogP contribution < -0.4 is 4.90 Å². The first-order valence-electron chi connectivity index (χ1n) is 10.5. The lowest BCUT2D eigenvalue weighted by atomic mass is 10.1.